The smallest absolute Gasteiger partial charge is 0.346 e. The van der Waals surface area contributed by atoms with Gasteiger partial charge >= 0.3 is 47.8 Å². The lowest BCUT2D eigenvalue weighted by Crippen LogP contribution is -2.28. The molecule has 17 nitrogen and oxygen atoms in total. The number of allylic oxidation sites excluding steroid dienone is 1. The largest absolute Gasteiger partial charge is 0.432 e. The van der Waals surface area contributed by atoms with Crippen LogP contribution < -0.4 is 0 Å². The summed E-state index contributed by atoms with van der Waals surface area (Å²) >= 11 is 0. The Labute approximate surface area is 231 Å². The minimum atomic E-state index is -1.70. The maximum Gasteiger partial charge on any atom is 0.346 e. The van der Waals surface area contributed by atoms with Crippen molar-refractivity contribution in [3.63, 3.8) is 0 Å². The third-order valence-electron chi connectivity index (χ3n) is 4.63. The number of hydrogen-bond donors (Lipinski definition) is 3. The van der Waals surface area contributed by atoms with Crippen molar-refractivity contribution in [2.24, 2.45) is 0 Å². The topological polar surface area (TPSA) is 253 Å². The Morgan fingerprint density at radius 1 is 0.512 bits per heavy atom. The van der Waals surface area contributed by atoms with Gasteiger partial charge in [-0.25, -0.2) is 19.2 Å². The van der Waals surface area contributed by atoms with Crippen LogP contribution >= 0.6 is 0 Å². The van der Waals surface area contributed by atoms with E-state index in [1.165, 1.54) is 0 Å². The molecule has 0 aliphatic carbocycles. The fourth-order valence-electron chi connectivity index (χ4n) is 2.78. The molecule has 0 aromatic carbocycles. The number of hydrogen-bond acceptors (Lipinski definition) is 17. The summed E-state index contributed by atoms with van der Waals surface area (Å²) in [5.41, 5.74) is 0. The Balaban J connectivity index is 0.000000257. The Hall–Kier alpha value is -4.32. The summed E-state index contributed by atoms with van der Waals surface area (Å²) in [5.74, 6) is -3.75. The summed E-state index contributed by atoms with van der Waals surface area (Å²) in [6.45, 7) is 6.72. The number of carbonyl (C=O) groups excluding carboxylic acids is 8. The lowest BCUT2D eigenvalue weighted by atomic mass is 10.1. The van der Waals surface area contributed by atoms with Crippen molar-refractivity contribution in [3.05, 3.63) is 24.7 Å². The number of esters is 8. The van der Waals surface area contributed by atoms with Gasteiger partial charge in [0.15, 0.2) is 12.2 Å². The summed E-state index contributed by atoms with van der Waals surface area (Å²) in [6, 6.07) is 0. The summed E-state index contributed by atoms with van der Waals surface area (Å²) in [6.07, 6.45) is -0.682. The normalized spacial score (nSPS) is 25.2. The van der Waals surface area contributed by atoms with Gasteiger partial charge in [-0.2, -0.15) is 0 Å². The highest BCUT2D eigenvalue weighted by atomic mass is 16.6. The van der Waals surface area contributed by atoms with E-state index in [4.69, 9.17) is 15.3 Å². The third-order valence-corrected chi connectivity index (χ3v) is 4.63. The van der Waals surface area contributed by atoms with Crippen LogP contribution in [0, 0.1) is 0 Å². The fourth-order valence-corrected chi connectivity index (χ4v) is 2.78. The second-order valence-electron chi connectivity index (χ2n) is 8.26. The summed E-state index contributed by atoms with van der Waals surface area (Å²) in [4.78, 5) is 81.3. The van der Waals surface area contributed by atoms with Gasteiger partial charge in [0, 0.05) is 19.3 Å². The monoisotopic (exact) mass is 588 g/mol. The van der Waals surface area contributed by atoms with E-state index in [1.54, 1.807) is 0 Å². The van der Waals surface area contributed by atoms with Gasteiger partial charge in [0.25, 0.3) is 0 Å². The molecule has 5 saturated heterocycles. The highest BCUT2D eigenvalue weighted by Crippen LogP contribution is 2.16. The van der Waals surface area contributed by atoms with Gasteiger partial charge in [0.05, 0.1) is 25.4 Å². The standard InChI is InChI=1S/C6H8O3.C6H8O2.C4H4O5.C4H4O4.C4H4O3/c1-4-2-5(7)3-6(8)9-4;1-5-3-2-4-6(7)8-5;5-1-2(6)4(8)9-3(1)7;5-3-1-7-2-4(6)8-3;5-3-1-2-4(6)7-3/h5,7H,1-3H2;1-4H2;1-2,5-6H;1-2H2;1-2H2. The predicted molar refractivity (Wildman–Crippen MR) is 125 cm³/mol. The number of cyclic esters (lactones) is 8. The van der Waals surface area contributed by atoms with E-state index in [-0.39, 0.29) is 38.4 Å². The lowest BCUT2D eigenvalue weighted by molar-refractivity contribution is -0.174. The number of aliphatic hydroxyl groups excluding tert-OH is 3. The molecule has 3 N–H and O–H groups in total. The van der Waals surface area contributed by atoms with Crippen LogP contribution in [0.5, 0.6) is 0 Å². The molecule has 3 atom stereocenters. The Kier molecular flexibility index (Phi) is 14.7. The van der Waals surface area contributed by atoms with Crippen LogP contribution in [-0.2, 0) is 66.8 Å². The van der Waals surface area contributed by atoms with Crippen LogP contribution in [-0.4, -0.2) is 94.6 Å². The molecular weight excluding hydrogens is 560 g/mol. The van der Waals surface area contributed by atoms with Crippen molar-refractivity contribution in [2.75, 3.05) is 13.2 Å². The first-order chi connectivity index (χ1) is 19.2. The van der Waals surface area contributed by atoms with Crippen molar-refractivity contribution in [1.82, 2.24) is 0 Å². The first kappa shape index (κ1) is 34.7. The molecule has 0 amide bonds. The van der Waals surface area contributed by atoms with Gasteiger partial charge < -0.3 is 43.7 Å². The van der Waals surface area contributed by atoms with Gasteiger partial charge in [0.2, 0.25) is 0 Å². The second kappa shape index (κ2) is 17.4. The molecule has 0 aromatic rings. The first-order valence-corrected chi connectivity index (χ1v) is 11.8. The van der Waals surface area contributed by atoms with E-state index < -0.39 is 60.1 Å². The van der Waals surface area contributed by atoms with Crippen LogP contribution in [0.3, 0.4) is 0 Å². The summed E-state index contributed by atoms with van der Waals surface area (Å²) in [7, 11) is 0. The predicted octanol–water partition coefficient (Wildman–Crippen LogP) is -1.85. The molecular formula is C24H28O17. The summed E-state index contributed by atoms with van der Waals surface area (Å²) < 4.78 is 25.7. The maximum atomic E-state index is 10.4. The molecule has 3 unspecified atom stereocenters. The quantitative estimate of drug-likeness (QED) is 0.159. The van der Waals surface area contributed by atoms with E-state index in [0.29, 0.717) is 24.4 Å². The van der Waals surface area contributed by atoms with E-state index in [2.05, 4.69) is 41.6 Å². The Morgan fingerprint density at radius 3 is 1.24 bits per heavy atom. The molecule has 0 aromatic heterocycles. The highest BCUT2D eigenvalue weighted by Gasteiger charge is 2.41. The van der Waals surface area contributed by atoms with Crippen LogP contribution in [0.25, 0.3) is 0 Å². The molecule has 0 radical (unpaired) electrons. The molecule has 5 heterocycles. The molecule has 41 heavy (non-hydrogen) atoms. The number of carbonyl (C=O) groups is 8. The zero-order valence-electron chi connectivity index (χ0n) is 21.6. The van der Waals surface area contributed by atoms with Gasteiger partial charge in [-0.1, -0.05) is 13.2 Å². The molecule has 0 spiro atoms. The average Bonchev–Trinajstić information content (AvgIpc) is 3.35. The van der Waals surface area contributed by atoms with Gasteiger partial charge in [-0.3, -0.25) is 19.2 Å². The Bertz CT molecular complexity index is 966. The zero-order chi connectivity index (χ0) is 31.1. The maximum absolute atomic E-state index is 10.4. The zero-order valence-corrected chi connectivity index (χ0v) is 21.6. The lowest BCUT2D eigenvalue weighted by Gasteiger charge is -2.17. The SMILES string of the molecule is C=C1CC(O)CC(=O)O1.C=C1CCCC(=O)O1.O=C1CCC(=O)O1.O=C1COCC(=O)O1.O=C1OC(=O)C(O)C1O. The minimum absolute atomic E-state index is 0.0962. The molecule has 5 rings (SSSR count). The summed E-state index contributed by atoms with van der Waals surface area (Å²) in [5, 5.41) is 25.9. The third kappa shape index (κ3) is 14.6. The number of aliphatic hydroxyl groups is 3. The van der Waals surface area contributed by atoms with Gasteiger partial charge in [0.1, 0.15) is 24.7 Å². The van der Waals surface area contributed by atoms with E-state index in [9.17, 15) is 38.4 Å². The van der Waals surface area contributed by atoms with Crippen molar-refractivity contribution in [3.8, 4) is 0 Å². The van der Waals surface area contributed by atoms with E-state index >= 15 is 0 Å². The van der Waals surface area contributed by atoms with Crippen molar-refractivity contribution in [2.45, 2.75) is 63.3 Å². The van der Waals surface area contributed by atoms with Gasteiger partial charge in [-0.05, 0) is 6.42 Å². The van der Waals surface area contributed by atoms with E-state index in [1.807, 2.05) is 0 Å². The van der Waals surface area contributed by atoms with Crippen LogP contribution in [0.2, 0.25) is 0 Å². The van der Waals surface area contributed by atoms with Crippen LogP contribution in [0.4, 0.5) is 0 Å². The molecule has 226 valence electrons. The Morgan fingerprint density at radius 2 is 0.976 bits per heavy atom. The minimum Gasteiger partial charge on any atom is -0.432 e. The van der Waals surface area contributed by atoms with Crippen LogP contribution in [0.15, 0.2) is 24.7 Å². The van der Waals surface area contributed by atoms with Gasteiger partial charge in [-0.15, -0.1) is 0 Å². The first-order valence-electron chi connectivity index (χ1n) is 11.8. The number of rotatable bonds is 0. The number of ether oxygens (including phenoxy) is 6. The molecule has 0 saturated carbocycles. The van der Waals surface area contributed by atoms with Crippen molar-refractivity contribution < 1.29 is 82.1 Å². The van der Waals surface area contributed by atoms with E-state index in [0.717, 1.165) is 12.8 Å². The second-order valence-corrected chi connectivity index (χ2v) is 8.26. The van der Waals surface area contributed by atoms with Crippen molar-refractivity contribution >= 4 is 47.8 Å². The van der Waals surface area contributed by atoms with Crippen molar-refractivity contribution in [1.29, 1.82) is 0 Å². The molecule has 5 fully saturated rings. The average molecular weight is 588 g/mol. The van der Waals surface area contributed by atoms with Crippen LogP contribution in [0.1, 0.15) is 44.9 Å². The molecule has 5 aliphatic heterocycles. The highest BCUT2D eigenvalue weighted by molar-refractivity contribution is 5.99. The molecule has 17 heteroatoms. The molecule has 5 aliphatic rings. The fraction of sp³-hybridized carbons (Fsp3) is 0.500. The molecule has 0 bridgehead atoms.